The van der Waals surface area contributed by atoms with Crippen molar-refractivity contribution in [3.63, 3.8) is 0 Å². The van der Waals surface area contributed by atoms with Gasteiger partial charge in [0.25, 0.3) is 0 Å². The van der Waals surface area contributed by atoms with Gasteiger partial charge < -0.3 is 4.55 Å². The molecule has 0 aliphatic heterocycles. The zero-order chi connectivity index (χ0) is 18.3. The molecule has 0 amide bonds. The van der Waals surface area contributed by atoms with Gasteiger partial charge in [-0.25, -0.2) is 17.2 Å². The Morgan fingerprint density at radius 2 is 1.64 bits per heavy atom. The first kappa shape index (κ1) is 22.2. The van der Waals surface area contributed by atoms with Crippen molar-refractivity contribution in [2.24, 2.45) is 0 Å². The molecule has 0 aliphatic carbocycles. The van der Waals surface area contributed by atoms with Crippen molar-refractivity contribution >= 4 is 20.9 Å². The molecule has 2 aromatic carbocycles. The van der Waals surface area contributed by atoms with Crippen molar-refractivity contribution in [1.82, 2.24) is 0 Å². The third kappa shape index (κ3) is 4.48. The summed E-state index contributed by atoms with van der Waals surface area (Å²) < 4.78 is 110. The van der Waals surface area contributed by atoms with Crippen LogP contribution in [0.4, 0.5) is 26.3 Å². The predicted molar refractivity (Wildman–Crippen MR) is 71.5 cm³/mol. The summed E-state index contributed by atoms with van der Waals surface area (Å²) in [5.41, 5.74) is -0.382. The summed E-state index contributed by atoms with van der Waals surface area (Å²) in [6.07, 6.45) is -6.22. The average molecular weight is 394 g/mol. The third-order valence-electron chi connectivity index (χ3n) is 3.41. The Morgan fingerprint density at radius 3 is 2.16 bits per heavy atom. The fourth-order valence-electron chi connectivity index (χ4n) is 2.16. The number of fused-ring (bicyclic) bond motifs is 1. The molecule has 132 valence electrons. The maximum Gasteiger partial charge on any atom is 1.00 e. The van der Waals surface area contributed by atoms with E-state index in [1.165, 1.54) is 6.07 Å². The van der Waals surface area contributed by atoms with Crippen molar-refractivity contribution in [2.75, 3.05) is 0 Å². The van der Waals surface area contributed by atoms with Crippen LogP contribution in [-0.2, 0) is 16.5 Å². The van der Waals surface area contributed by atoms with Crippen LogP contribution in [0.25, 0.3) is 10.8 Å². The number of hydrogen-bond acceptors (Lipinski definition) is 3. The monoisotopic (exact) mass is 394 g/mol. The molecule has 0 aromatic heterocycles. The standard InChI is InChI=1S/C14H10F6O3S.Na/c15-12(16)14(19,20)13(17,18)7-9-3-1-2-8-6-10(24(21,22)23)4-5-11(8)9;/h1-6,12H,7H2,(H,21,22,23);/q;+1/p-1. The van der Waals surface area contributed by atoms with Crippen LogP contribution in [0.1, 0.15) is 5.56 Å². The number of rotatable bonds is 5. The van der Waals surface area contributed by atoms with Gasteiger partial charge in [0.1, 0.15) is 10.1 Å². The Bertz CT molecular complexity index is 870. The summed E-state index contributed by atoms with van der Waals surface area (Å²) in [4.78, 5) is -0.628. The molecule has 0 fully saturated rings. The van der Waals surface area contributed by atoms with Crippen LogP contribution in [0.15, 0.2) is 41.3 Å². The smallest absolute Gasteiger partial charge is 0.744 e. The van der Waals surface area contributed by atoms with E-state index in [2.05, 4.69) is 0 Å². The first-order chi connectivity index (χ1) is 10.9. The molecular formula is C14H9F6NaO3S. The second kappa shape index (κ2) is 7.43. The van der Waals surface area contributed by atoms with Crippen molar-refractivity contribution in [3.05, 3.63) is 42.0 Å². The maximum absolute atomic E-state index is 13.6. The number of hydrogen-bond donors (Lipinski definition) is 0. The van der Waals surface area contributed by atoms with Gasteiger partial charge in [-0.15, -0.1) is 0 Å². The summed E-state index contributed by atoms with van der Waals surface area (Å²) in [6.45, 7) is 0. The van der Waals surface area contributed by atoms with Gasteiger partial charge in [-0.3, -0.25) is 0 Å². The van der Waals surface area contributed by atoms with E-state index >= 15 is 0 Å². The van der Waals surface area contributed by atoms with Crippen molar-refractivity contribution in [3.8, 4) is 0 Å². The fourth-order valence-corrected chi connectivity index (χ4v) is 2.66. The van der Waals surface area contributed by atoms with Gasteiger partial charge in [0.15, 0.2) is 0 Å². The number of alkyl halides is 6. The SMILES string of the molecule is O=S(=O)([O-])c1ccc2c(CC(F)(F)C(F)(F)C(F)F)cccc2c1.[Na+]. The third-order valence-corrected chi connectivity index (χ3v) is 4.24. The van der Waals surface area contributed by atoms with E-state index in [9.17, 15) is 39.3 Å². The average Bonchev–Trinajstić information content (AvgIpc) is 2.45. The van der Waals surface area contributed by atoms with Crippen LogP contribution in [0.2, 0.25) is 0 Å². The molecule has 0 bridgehead atoms. The molecule has 0 heterocycles. The van der Waals surface area contributed by atoms with Crippen LogP contribution in [-0.4, -0.2) is 31.2 Å². The normalized spacial score (nSPS) is 13.1. The van der Waals surface area contributed by atoms with Gasteiger partial charge in [-0.2, -0.15) is 17.6 Å². The molecule has 2 rings (SSSR count). The van der Waals surface area contributed by atoms with Gasteiger partial charge in [0.2, 0.25) is 0 Å². The first-order valence-electron chi connectivity index (χ1n) is 6.37. The molecular weight excluding hydrogens is 385 g/mol. The van der Waals surface area contributed by atoms with E-state index in [4.69, 9.17) is 0 Å². The molecule has 0 N–H and O–H groups in total. The molecule has 0 saturated carbocycles. The second-order valence-electron chi connectivity index (χ2n) is 5.06. The van der Waals surface area contributed by atoms with Crippen LogP contribution in [0.5, 0.6) is 0 Å². The number of halogens is 6. The zero-order valence-electron chi connectivity index (χ0n) is 12.6. The Morgan fingerprint density at radius 1 is 1.04 bits per heavy atom. The maximum atomic E-state index is 13.6. The topological polar surface area (TPSA) is 57.2 Å². The Hall–Kier alpha value is -0.810. The summed E-state index contributed by atoms with van der Waals surface area (Å²) in [7, 11) is -4.79. The molecule has 0 aliphatic rings. The van der Waals surface area contributed by atoms with E-state index in [-0.39, 0.29) is 45.9 Å². The van der Waals surface area contributed by atoms with E-state index in [0.717, 1.165) is 30.3 Å². The Balaban J connectivity index is 0.00000312. The van der Waals surface area contributed by atoms with E-state index in [0.29, 0.717) is 0 Å². The van der Waals surface area contributed by atoms with E-state index in [1.807, 2.05) is 0 Å². The van der Waals surface area contributed by atoms with Gasteiger partial charge in [0, 0.05) is 6.42 Å². The van der Waals surface area contributed by atoms with Gasteiger partial charge in [-0.1, -0.05) is 24.3 Å². The summed E-state index contributed by atoms with van der Waals surface area (Å²) in [5.74, 6) is -10.5. The van der Waals surface area contributed by atoms with Crippen LogP contribution in [0.3, 0.4) is 0 Å². The Kier molecular flexibility index (Phi) is 6.61. The molecule has 2 aromatic rings. The predicted octanol–water partition coefficient (Wildman–Crippen LogP) is 0.826. The molecule has 25 heavy (non-hydrogen) atoms. The van der Waals surface area contributed by atoms with Gasteiger partial charge in [-0.05, 0) is 28.5 Å². The van der Waals surface area contributed by atoms with E-state index in [1.54, 1.807) is 0 Å². The number of benzene rings is 2. The summed E-state index contributed by atoms with van der Waals surface area (Å²) >= 11 is 0. The molecule has 3 nitrogen and oxygen atoms in total. The van der Waals surface area contributed by atoms with Crippen molar-refractivity contribution < 1.29 is 68.9 Å². The van der Waals surface area contributed by atoms with Gasteiger partial charge in [0.05, 0.1) is 4.90 Å². The summed E-state index contributed by atoms with van der Waals surface area (Å²) in [5, 5.41) is -0.0183. The molecule has 11 heteroatoms. The fraction of sp³-hybridized carbons (Fsp3) is 0.286. The van der Waals surface area contributed by atoms with E-state index < -0.39 is 39.7 Å². The molecule has 0 unspecified atom stereocenters. The molecule has 0 saturated heterocycles. The molecule has 0 radical (unpaired) electrons. The second-order valence-corrected chi connectivity index (χ2v) is 6.44. The minimum absolute atomic E-state index is 0. The van der Waals surface area contributed by atoms with Crippen LogP contribution >= 0.6 is 0 Å². The van der Waals surface area contributed by atoms with Crippen molar-refractivity contribution in [2.45, 2.75) is 29.6 Å². The molecule has 0 atom stereocenters. The Labute approximate surface area is 161 Å². The van der Waals surface area contributed by atoms with Gasteiger partial charge >= 0.3 is 47.8 Å². The van der Waals surface area contributed by atoms with Crippen LogP contribution < -0.4 is 29.6 Å². The molecule has 0 spiro atoms. The minimum Gasteiger partial charge on any atom is -0.744 e. The summed E-state index contributed by atoms with van der Waals surface area (Å²) in [6, 6.07) is 6.18. The largest absolute Gasteiger partial charge is 1.00 e. The van der Waals surface area contributed by atoms with Crippen molar-refractivity contribution in [1.29, 1.82) is 0 Å². The van der Waals surface area contributed by atoms with Crippen LogP contribution in [0, 0.1) is 0 Å². The quantitative estimate of drug-likeness (QED) is 0.429. The zero-order valence-corrected chi connectivity index (χ0v) is 15.5. The first-order valence-corrected chi connectivity index (χ1v) is 7.78. The minimum atomic E-state index is -5.52.